The molecule has 0 spiro atoms. The van der Waals surface area contributed by atoms with Gasteiger partial charge in [-0.25, -0.2) is 9.97 Å². The number of nitrogens with zero attached hydrogens (tertiary/aromatic N) is 3. The molecule has 23 heavy (non-hydrogen) atoms. The van der Waals surface area contributed by atoms with Gasteiger partial charge in [0, 0.05) is 16.5 Å². The van der Waals surface area contributed by atoms with E-state index in [1.54, 1.807) is 0 Å². The van der Waals surface area contributed by atoms with Crippen molar-refractivity contribution in [1.29, 1.82) is 0 Å². The zero-order chi connectivity index (χ0) is 16.0. The second-order valence-corrected chi connectivity index (χ2v) is 6.88. The standard InChI is InChI=1S/C20H19N3/c1-20(2,3)23-13-21-18-12-15(9-11-19(18)23)17-10-8-14-6-4-5-7-16(14)22-17/h4-13H,1-3H3. The molecule has 0 saturated carbocycles. The molecule has 0 fully saturated rings. The third-order valence-corrected chi connectivity index (χ3v) is 4.16. The lowest BCUT2D eigenvalue weighted by Gasteiger charge is -2.21. The highest BCUT2D eigenvalue weighted by atomic mass is 15.1. The molecular weight excluding hydrogens is 282 g/mol. The first-order chi connectivity index (χ1) is 11.0. The van der Waals surface area contributed by atoms with E-state index in [0.29, 0.717) is 0 Å². The van der Waals surface area contributed by atoms with Gasteiger partial charge in [-0.3, -0.25) is 0 Å². The lowest BCUT2D eigenvalue weighted by atomic mass is 10.1. The van der Waals surface area contributed by atoms with Crippen molar-refractivity contribution in [2.75, 3.05) is 0 Å². The van der Waals surface area contributed by atoms with Gasteiger partial charge in [0.15, 0.2) is 0 Å². The first-order valence-corrected chi connectivity index (χ1v) is 7.86. The maximum absolute atomic E-state index is 4.77. The Balaban J connectivity index is 1.85. The summed E-state index contributed by atoms with van der Waals surface area (Å²) in [5, 5.41) is 1.16. The van der Waals surface area contributed by atoms with Crippen molar-refractivity contribution >= 4 is 21.9 Å². The van der Waals surface area contributed by atoms with Crippen molar-refractivity contribution in [2.24, 2.45) is 0 Å². The average molecular weight is 301 g/mol. The van der Waals surface area contributed by atoms with Gasteiger partial charge in [0.05, 0.1) is 28.6 Å². The SMILES string of the molecule is CC(C)(C)n1cnc2cc(-c3ccc4ccccc4n3)ccc21. The van der Waals surface area contributed by atoms with Gasteiger partial charge >= 0.3 is 0 Å². The molecule has 0 radical (unpaired) electrons. The molecule has 4 aromatic rings. The van der Waals surface area contributed by atoms with Crippen LogP contribution in [0.4, 0.5) is 0 Å². The minimum atomic E-state index is 0.0253. The second-order valence-electron chi connectivity index (χ2n) is 6.88. The van der Waals surface area contributed by atoms with E-state index in [1.807, 2.05) is 24.5 Å². The van der Waals surface area contributed by atoms with Crippen molar-refractivity contribution < 1.29 is 0 Å². The molecule has 0 bridgehead atoms. The van der Waals surface area contributed by atoms with E-state index in [2.05, 4.69) is 66.7 Å². The minimum absolute atomic E-state index is 0.0253. The molecule has 0 aliphatic carbocycles. The van der Waals surface area contributed by atoms with Crippen LogP contribution >= 0.6 is 0 Å². The third kappa shape index (κ3) is 2.38. The topological polar surface area (TPSA) is 30.7 Å². The molecule has 3 heteroatoms. The molecular formula is C20H19N3. The average Bonchev–Trinajstić information content (AvgIpc) is 2.97. The number of aromatic nitrogens is 3. The predicted molar refractivity (Wildman–Crippen MR) is 95.5 cm³/mol. The number of fused-ring (bicyclic) bond motifs is 2. The van der Waals surface area contributed by atoms with Gasteiger partial charge in [0.1, 0.15) is 0 Å². The summed E-state index contributed by atoms with van der Waals surface area (Å²) in [6, 6.07) is 18.8. The first kappa shape index (κ1) is 13.9. The lowest BCUT2D eigenvalue weighted by Crippen LogP contribution is -2.20. The lowest BCUT2D eigenvalue weighted by molar-refractivity contribution is 0.408. The van der Waals surface area contributed by atoms with Crippen LogP contribution in [0.5, 0.6) is 0 Å². The van der Waals surface area contributed by atoms with Crippen LogP contribution in [0.1, 0.15) is 20.8 Å². The number of hydrogen-bond donors (Lipinski definition) is 0. The molecule has 0 aliphatic heterocycles. The molecule has 2 aromatic heterocycles. The second kappa shape index (κ2) is 4.92. The Bertz CT molecular complexity index is 1010. The fourth-order valence-corrected chi connectivity index (χ4v) is 2.93. The molecule has 2 aromatic carbocycles. The fraction of sp³-hybridized carbons (Fsp3) is 0.200. The molecule has 0 atom stereocenters. The van der Waals surface area contributed by atoms with Gasteiger partial charge in [-0.2, -0.15) is 0 Å². The Morgan fingerprint density at radius 2 is 1.70 bits per heavy atom. The number of benzene rings is 2. The monoisotopic (exact) mass is 301 g/mol. The normalized spacial score (nSPS) is 12.1. The zero-order valence-electron chi connectivity index (χ0n) is 13.6. The highest BCUT2D eigenvalue weighted by Gasteiger charge is 2.16. The van der Waals surface area contributed by atoms with E-state index in [1.165, 1.54) is 0 Å². The quantitative estimate of drug-likeness (QED) is 0.495. The molecule has 0 amide bonds. The molecule has 0 unspecified atom stereocenters. The predicted octanol–water partition coefficient (Wildman–Crippen LogP) is 5.01. The summed E-state index contributed by atoms with van der Waals surface area (Å²) in [6.45, 7) is 6.56. The summed E-state index contributed by atoms with van der Waals surface area (Å²) in [5.74, 6) is 0. The number of pyridine rings is 1. The molecule has 4 rings (SSSR count). The fourth-order valence-electron chi connectivity index (χ4n) is 2.93. The van der Waals surface area contributed by atoms with Gasteiger partial charge in [0.25, 0.3) is 0 Å². The first-order valence-electron chi connectivity index (χ1n) is 7.86. The molecule has 0 saturated heterocycles. The van der Waals surface area contributed by atoms with Crippen LogP contribution in [0.3, 0.4) is 0 Å². The zero-order valence-corrected chi connectivity index (χ0v) is 13.6. The van der Waals surface area contributed by atoms with Gasteiger partial charge in [-0.15, -0.1) is 0 Å². The summed E-state index contributed by atoms with van der Waals surface area (Å²) in [4.78, 5) is 9.34. The summed E-state index contributed by atoms with van der Waals surface area (Å²) >= 11 is 0. The van der Waals surface area contributed by atoms with Crippen molar-refractivity contribution in [3.8, 4) is 11.3 Å². The Hall–Kier alpha value is -2.68. The van der Waals surface area contributed by atoms with Crippen molar-refractivity contribution in [2.45, 2.75) is 26.3 Å². The Labute approximate surface area is 135 Å². The maximum Gasteiger partial charge on any atom is 0.0963 e. The molecule has 3 nitrogen and oxygen atoms in total. The number of para-hydroxylation sites is 1. The van der Waals surface area contributed by atoms with Crippen LogP contribution in [0.25, 0.3) is 33.2 Å². The van der Waals surface area contributed by atoms with E-state index in [-0.39, 0.29) is 5.54 Å². The molecule has 2 heterocycles. The Morgan fingerprint density at radius 3 is 2.52 bits per heavy atom. The highest BCUT2D eigenvalue weighted by molar-refractivity contribution is 5.85. The highest BCUT2D eigenvalue weighted by Crippen LogP contribution is 2.27. The van der Waals surface area contributed by atoms with Gasteiger partial charge in [-0.1, -0.05) is 30.3 Å². The van der Waals surface area contributed by atoms with E-state index in [4.69, 9.17) is 4.98 Å². The van der Waals surface area contributed by atoms with Crippen LogP contribution in [-0.2, 0) is 5.54 Å². The minimum Gasteiger partial charge on any atom is -0.325 e. The van der Waals surface area contributed by atoms with Gasteiger partial charge in [-0.05, 0) is 45.0 Å². The number of rotatable bonds is 1. The van der Waals surface area contributed by atoms with Crippen LogP contribution in [0.2, 0.25) is 0 Å². The maximum atomic E-state index is 4.77. The van der Waals surface area contributed by atoms with Crippen LogP contribution in [0.15, 0.2) is 60.9 Å². The third-order valence-electron chi connectivity index (χ3n) is 4.16. The van der Waals surface area contributed by atoms with Crippen LogP contribution in [0, 0.1) is 0 Å². The summed E-state index contributed by atoms with van der Waals surface area (Å²) in [5.41, 5.74) is 5.29. The molecule has 114 valence electrons. The van der Waals surface area contributed by atoms with Crippen molar-refractivity contribution in [3.63, 3.8) is 0 Å². The smallest absolute Gasteiger partial charge is 0.0963 e. The summed E-state index contributed by atoms with van der Waals surface area (Å²) < 4.78 is 2.21. The van der Waals surface area contributed by atoms with E-state index in [0.717, 1.165) is 33.2 Å². The van der Waals surface area contributed by atoms with E-state index < -0.39 is 0 Å². The van der Waals surface area contributed by atoms with Gasteiger partial charge < -0.3 is 4.57 Å². The molecule has 0 aliphatic rings. The van der Waals surface area contributed by atoms with Crippen molar-refractivity contribution in [3.05, 3.63) is 60.9 Å². The van der Waals surface area contributed by atoms with E-state index >= 15 is 0 Å². The Kier molecular flexibility index (Phi) is 2.98. The summed E-state index contributed by atoms with van der Waals surface area (Å²) in [7, 11) is 0. The number of hydrogen-bond acceptors (Lipinski definition) is 2. The number of imidazole rings is 1. The van der Waals surface area contributed by atoms with Crippen molar-refractivity contribution in [1.82, 2.24) is 14.5 Å². The Morgan fingerprint density at radius 1 is 0.870 bits per heavy atom. The van der Waals surface area contributed by atoms with Gasteiger partial charge in [0.2, 0.25) is 0 Å². The van der Waals surface area contributed by atoms with E-state index in [9.17, 15) is 0 Å². The largest absolute Gasteiger partial charge is 0.325 e. The summed E-state index contributed by atoms with van der Waals surface area (Å²) in [6.07, 6.45) is 1.92. The van der Waals surface area contributed by atoms with Crippen LogP contribution < -0.4 is 0 Å². The molecule has 0 N–H and O–H groups in total. The van der Waals surface area contributed by atoms with Crippen LogP contribution in [-0.4, -0.2) is 14.5 Å².